The number of aromatic nitrogens is 2. The molecule has 1 aromatic carbocycles. The molecule has 156 valence electrons. The third kappa shape index (κ3) is 4.70. The van der Waals surface area contributed by atoms with E-state index in [-0.39, 0.29) is 16.9 Å². The minimum Gasteiger partial charge on any atom is -0.412 e. The maximum absolute atomic E-state index is 14.5. The molecule has 0 amide bonds. The monoisotopic (exact) mass is 503 g/mol. The van der Waals surface area contributed by atoms with E-state index in [4.69, 9.17) is 10.2 Å². The van der Waals surface area contributed by atoms with Gasteiger partial charge in [0, 0.05) is 15.3 Å². The Morgan fingerprint density at radius 3 is 2.59 bits per heavy atom. The van der Waals surface area contributed by atoms with E-state index in [2.05, 4.69) is 25.9 Å². The van der Waals surface area contributed by atoms with Gasteiger partial charge in [0.05, 0.1) is 27.4 Å². The van der Waals surface area contributed by atoms with Crippen LogP contribution in [0.4, 0.5) is 8.78 Å². The molecule has 2 N–H and O–H groups in total. The van der Waals surface area contributed by atoms with Gasteiger partial charge >= 0.3 is 0 Å². The number of pyridine rings is 1. The van der Waals surface area contributed by atoms with E-state index in [9.17, 15) is 13.0 Å². The second kappa shape index (κ2) is 8.41. The lowest BCUT2D eigenvalue weighted by atomic mass is 10.0. The zero-order chi connectivity index (χ0) is 21.5. The molecule has 0 fully saturated rings. The molecule has 0 aliphatic heterocycles. The Labute approximate surface area is 182 Å². The van der Waals surface area contributed by atoms with Crippen molar-refractivity contribution < 1.29 is 17.4 Å². The molecule has 5 nitrogen and oxygen atoms in total. The van der Waals surface area contributed by atoms with Crippen LogP contribution in [0.5, 0.6) is 0 Å². The van der Waals surface area contributed by atoms with E-state index in [1.54, 1.807) is 26.8 Å². The van der Waals surface area contributed by atoms with E-state index < -0.39 is 33.2 Å². The smallest absolute Gasteiger partial charge is 0.258 e. The van der Waals surface area contributed by atoms with E-state index in [0.717, 1.165) is 6.07 Å². The van der Waals surface area contributed by atoms with Crippen LogP contribution in [0.25, 0.3) is 11.2 Å². The maximum atomic E-state index is 14.5. The molecular weight excluding hydrogens is 484 g/mol. The quantitative estimate of drug-likeness (QED) is 0.485. The van der Waals surface area contributed by atoms with Crippen molar-refractivity contribution in [3.8, 4) is 0 Å². The predicted molar refractivity (Wildman–Crippen MR) is 114 cm³/mol. The van der Waals surface area contributed by atoms with Gasteiger partial charge in [-0.25, -0.2) is 18.7 Å². The summed E-state index contributed by atoms with van der Waals surface area (Å²) in [5.74, 6) is -1.59. The number of nitrogens with zero attached hydrogens (tertiary/aromatic N) is 2. The van der Waals surface area contributed by atoms with Crippen LogP contribution < -0.4 is 5.73 Å². The molecule has 0 radical (unpaired) electrons. The summed E-state index contributed by atoms with van der Waals surface area (Å²) in [5, 5.41) is 0.472. The highest BCUT2D eigenvalue weighted by atomic mass is 79.9. The Morgan fingerprint density at radius 1 is 1.28 bits per heavy atom. The van der Waals surface area contributed by atoms with Gasteiger partial charge in [-0.1, -0.05) is 11.8 Å². The molecule has 0 saturated heterocycles. The lowest BCUT2D eigenvalue weighted by Gasteiger charge is -2.22. The van der Waals surface area contributed by atoms with E-state index in [1.807, 2.05) is 6.26 Å². The Kier molecular flexibility index (Phi) is 6.47. The summed E-state index contributed by atoms with van der Waals surface area (Å²) in [6, 6.07) is 2.94. The number of hydrogen-bond acceptors (Lipinski definition) is 6. The average molecular weight is 504 g/mol. The van der Waals surface area contributed by atoms with E-state index in [1.165, 1.54) is 17.8 Å². The zero-order valence-electron chi connectivity index (χ0n) is 16.3. The number of halogens is 3. The summed E-state index contributed by atoms with van der Waals surface area (Å²) in [6.45, 7) is 5.19. The van der Waals surface area contributed by atoms with Crippen molar-refractivity contribution in [2.75, 3.05) is 6.26 Å². The topological polar surface area (TPSA) is 82.0 Å². The van der Waals surface area contributed by atoms with Crippen LogP contribution in [-0.4, -0.2) is 25.2 Å². The summed E-state index contributed by atoms with van der Waals surface area (Å²) in [5.41, 5.74) is 7.94. The van der Waals surface area contributed by atoms with Crippen molar-refractivity contribution in [1.29, 1.82) is 0 Å². The van der Waals surface area contributed by atoms with Gasteiger partial charge in [0.1, 0.15) is 17.2 Å². The first-order valence-corrected chi connectivity index (χ1v) is 11.8. The Hall–Kier alpha value is -1.36. The molecule has 3 aromatic rings. The van der Waals surface area contributed by atoms with Crippen molar-refractivity contribution in [2.24, 2.45) is 5.73 Å². The van der Waals surface area contributed by atoms with Crippen LogP contribution in [0, 0.1) is 11.6 Å². The number of benzene rings is 1. The number of rotatable bonds is 5. The third-order valence-corrected chi connectivity index (χ3v) is 7.24. The molecule has 0 aliphatic rings. The summed E-state index contributed by atoms with van der Waals surface area (Å²) in [6.07, 6.45) is 1.88. The first kappa shape index (κ1) is 22.3. The van der Waals surface area contributed by atoms with Gasteiger partial charge in [-0.2, -0.15) is 0 Å². The van der Waals surface area contributed by atoms with Gasteiger partial charge in [0.25, 0.3) is 5.22 Å². The van der Waals surface area contributed by atoms with Crippen LogP contribution in [0.2, 0.25) is 0 Å². The van der Waals surface area contributed by atoms with Crippen LogP contribution in [-0.2, 0) is 17.2 Å². The summed E-state index contributed by atoms with van der Waals surface area (Å²) >= 11 is 4.78. The largest absolute Gasteiger partial charge is 0.412 e. The molecule has 2 unspecified atom stereocenters. The highest BCUT2D eigenvalue weighted by molar-refractivity contribution is 9.10. The maximum Gasteiger partial charge on any atom is 0.258 e. The van der Waals surface area contributed by atoms with Gasteiger partial charge in [-0.05, 0) is 67.1 Å². The van der Waals surface area contributed by atoms with Crippen LogP contribution >= 0.6 is 27.7 Å². The molecule has 10 heteroatoms. The minimum atomic E-state index is -1.69. The normalized spacial score (nSPS) is 14.3. The first-order chi connectivity index (χ1) is 13.5. The molecule has 0 aliphatic carbocycles. The molecule has 0 bridgehead atoms. The summed E-state index contributed by atoms with van der Waals surface area (Å²) in [7, 11) is -1.69. The summed E-state index contributed by atoms with van der Waals surface area (Å²) in [4.78, 5) is 8.69. The number of oxazole rings is 1. The lowest BCUT2D eigenvalue weighted by Crippen LogP contribution is -2.25. The molecular formula is C19H20BrF2N3O2S2. The molecule has 3 rings (SSSR count). The van der Waals surface area contributed by atoms with Crippen LogP contribution in [0.1, 0.15) is 38.1 Å². The summed E-state index contributed by atoms with van der Waals surface area (Å²) < 4.78 is 46.8. The Morgan fingerprint density at radius 2 is 1.97 bits per heavy atom. The predicted octanol–water partition coefficient (Wildman–Crippen LogP) is 5.13. The van der Waals surface area contributed by atoms with Crippen LogP contribution in [0.15, 0.2) is 37.2 Å². The van der Waals surface area contributed by atoms with Crippen molar-refractivity contribution in [3.63, 3.8) is 0 Å². The Balaban J connectivity index is 2.03. The molecule has 29 heavy (non-hydrogen) atoms. The van der Waals surface area contributed by atoms with Crippen molar-refractivity contribution in [3.05, 3.63) is 45.6 Å². The molecule has 2 aromatic heterocycles. The van der Waals surface area contributed by atoms with Gasteiger partial charge in [0.2, 0.25) is 5.71 Å². The second-order valence-electron chi connectivity index (χ2n) is 7.43. The average Bonchev–Trinajstić information content (AvgIpc) is 3.01. The number of thioether (sulfide) groups is 1. The van der Waals surface area contributed by atoms with E-state index in [0.29, 0.717) is 26.6 Å². The van der Waals surface area contributed by atoms with E-state index >= 15 is 0 Å². The second-order valence-corrected chi connectivity index (χ2v) is 11.2. The number of fused-ring (bicyclic) bond motifs is 1. The van der Waals surface area contributed by atoms with Gasteiger partial charge in [-0.3, -0.25) is 4.21 Å². The SMILES string of the molecule is CSc1nc2cc(Br)c(C(N)Cc3cc(F)cc(F)c3S(=O)C(C)(C)C)nc2o1. The third-order valence-electron chi connectivity index (χ3n) is 4.14. The highest BCUT2D eigenvalue weighted by Gasteiger charge is 2.28. The van der Waals surface area contributed by atoms with Crippen molar-refractivity contribution >= 4 is 49.7 Å². The van der Waals surface area contributed by atoms with Crippen molar-refractivity contribution in [1.82, 2.24) is 9.97 Å². The zero-order valence-corrected chi connectivity index (χ0v) is 19.5. The standard InChI is InChI=1S/C19H20BrF2N3O2S2/c1-19(2,3)29(26)16-9(5-10(21)7-12(16)22)6-13(23)15-11(20)8-14-17(25-15)27-18(24-14)28-4/h5,7-8,13H,6,23H2,1-4H3. The first-order valence-electron chi connectivity index (χ1n) is 8.67. The molecule has 2 atom stereocenters. The fourth-order valence-corrected chi connectivity index (χ4v) is 4.98. The molecule has 0 spiro atoms. The Bertz CT molecular complexity index is 1100. The van der Waals surface area contributed by atoms with Gasteiger partial charge in [-0.15, -0.1) is 0 Å². The molecule has 0 saturated carbocycles. The van der Waals surface area contributed by atoms with Gasteiger partial charge in [0.15, 0.2) is 0 Å². The number of nitrogens with two attached hydrogens (primary N) is 1. The number of hydrogen-bond donors (Lipinski definition) is 1. The fourth-order valence-electron chi connectivity index (χ4n) is 2.79. The fraction of sp³-hybridized carbons (Fsp3) is 0.368. The van der Waals surface area contributed by atoms with Gasteiger partial charge < -0.3 is 10.2 Å². The van der Waals surface area contributed by atoms with Crippen molar-refractivity contribution in [2.45, 2.75) is 48.1 Å². The molecule has 2 heterocycles. The lowest BCUT2D eigenvalue weighted by molar-refractivity contribution is 0.480. The minimum absolute atomic E-state index is 0.0316. The van der Waals surface area contributed by atoms with Crippen LogP contribution in [0.3, 0.4) is 0 Å². The highest BCUT2D eigenvalue weighted by Crippen LogP contribution is 2.32.